The van der Waals surface area contributed by atoms with Gasteiger partial charge in [-0.1, -0.05) is 24.6 Å². The number of carbonyl (C=O) groups excluding carboxylic acids is 2. The van der Waals surface area contributed by atoms with Crippen molar-refractivity contribution in [1.29, 1.82) is 0 Å². The van der Waals surface area contributed by atoms with Crippen LogP contribution in [0.25, 0.3) is 0 Å². The fourth-order valence-corrected chi connectivity index (χ4v) is 6.15. The monoisotopic (exact) mass is 471 g/mol. The standard InChI is InChI=1S/C23H29N5O4S/c24-22(29)17-7-6-13-27(16-17)21-12-11-18(15-25-21)26-23(30)20-10-4-5-14-28(20)33(31,32)19-8-2-1-3-9-19/h1-3,8-9,11-12,15,17,20H,4-7,10,13-14,16H2,(H2,24,29)(H,26,30). The molecule has 2 saturated heterocycles. The van der Waals surface area contributed by atoms with Crippen LogP contribution < -0.4 is 16.0 Å². The van der Waals surface area contributed by atoms with Crippen LogP contribution in [0.1, 0.15) is 32.1 Å². The minimum absolute atomic E-state index is 0.187. The number of anilines is 2. The molecule has 2 unspecified atom stereocenters. The van der Waals surface area contributed by atoms with Gasteiger partial charge in [-0.05, 0) is 49.9 Å². The second kappa shape index (κ2) is 9.88. The van der Waals surface area contributed by atoms with Crippen molar-refractivity contribution < 1.29 is 18.0 Å². The predicted octanol–water partition coefficient (Wildman–Crippen LogP) is 1.97. The Morgan fingerprint density at radius 1 is 1.00 bits per heavy atom. The summed E-state index contributed by atoms with van der Waals surface area (Å²) in [6, 6.07) is 11.0. The number of carbonyl (C=O) groups is 2. The maximum Gasteiger partial charge on any atom is 0.243 e. The van der Waals surface area contributed by atoms with Crippen LogP contribution in [0.5, 0.6) is 0 Å². The molecule has 2 aliphatic rings. The molecule has 2 atom stereocenters. The zero-order valence-electron chi connectivity index (χ0n) is 18.4. The Morgan fingerprint density at radius 2 is 1.79 bits per heavy atom. The minimum Gasteiger partial charge on any atom is -0.369 e. The highest BCUT2D eigenvalue weighted by Crippen LogP contribution is 2.27. The van der Waals surface area contributed by atoms with Gasteiger partial charge in [-0.2, -0.15) is 4.31 Å². The van der Waals surface area contributed by atoms with Crippen molar-refractivity contribution in [3.05, 3.63) is 48.7 Å². The van der Waals surface area contributed by atoms with Crippen molar-refractivity contribution >= 4 is 33.3 Å². The van der Waals surface area contributed by atoms with Crippen LogP contribution in [0.3, 0.4) is 0 Å². The van der Waals surface area contributed by atoms with Gasteiger partial charge in [0.05, 0.1) is 22.7 Å². The summed E-state index contributed by atoms with van der Waals surface area (Å²) in [7, 11) is -3.77. The Bertz CT molecular complexity index is 1090. The van der Waals surface area contributed by atoms with Crippen molar-refractivity contribution in [3.63, 3.8) is 0 Å². The average Bonchev–Trinajstić information content (AvgIpc) is 2.85. The fourth-order valence-electron chi connectivity index (χ4n) is 4.47. The molecule has 9 nitrogen and oxygen atoms in total. The van der Waals surface area contributed by atoms with Gasteiger partial charge in [0.25, 0.3) is 0 Å². The van der Waals surface area contributed by atoms with E-state index in [0.29, 0.717) is 37.4 Å². The minimum atomic E-state index is -3.77. The van der Waals surface area contributed by atoms with Gasteiger partial charge in [0.1, 0.15) is 11.9 Å². The van der Waals surface area contributed by atoms with E-state index >= 15 is 0 Å². The van der Waals surface area contributed by atoms with Crippen LogP contribution in [-0.4, -0.2) is 55.2 Å². The van der Waals surface area contributed by atoms with Crippen molar-refractivity contribution in [2.24, 2.45) is 11.7 Å². The molecule has 3 heterocycles. The first kappa shape index (κ1) is 23.2. The topological polar surface area (TPSA) is 126 Å². The van der Waals surface area contributed by atoms with Crippen LogP contribution in [0.2, 0.25) is 0 Å². The molecule has 0 aliphatic carbocycles. The second-order valence-corrected chi connectivity index (χ2v) is 10.4. The third-order valence-electron chi connectivity index (χ3n) is 6.27. The smallest absolute Gasteiger partial charge is 0.243 e. The summed E-state index contributed by atoms with van der Waals surface area (Å²) in [4.78, 5) is 31.2. The summed E-state index contributed by atoms with van der Waals surface area (Å²) in [5.41, 5.74) is 5.95. The third-order valence-corrected chi connectivity index (χ3v) is 8.19. The van der Waals surface area contributed by atoms with E-state index in [1.807, 2.05) is 4.90 Å². The Morgan fingerprint density at radius 3 is 2.48 bits per heavy atom. The molecule has 2 aromatic rings. The lowest BCUT2D eigenvalue weighted by atomic mass is 9.97. The number of hydrogen-bond acceptors (Lipinski definition) is 6. The van der Waals surface area contributed by atoms with Crippen molar-refractivity contribution in [2.75, 3.05) is 29.9 Å². The van der Waals surface area contributed by atoms with E-state index in [-0.39, 0.29) is 22.6 Å². The van der Waals surface area contributed by atoms with Crippen molar-refractivity contribution in [3.8, 4) is 0 Å². The van der Waals surface area contributed by atoms with Gasteiger partial charge in [0.2, 0.25) is 21.8 Å². The van der Waals surface area contributed by atoms with E-state index < -0.39 is 16.1 Å². The zero-order chi connectivity index (χ0) is 23.4. The number of rotatable bonds is 6. The lowest BCUT2D eigenvalue weighted by Crippen LogP contribution is -2.49. The lowest BCUT2D eigenvalue weighted by Gasteiger charge is -2.33. The molecule has 1 aromatic carbocycles. The van der Waals surface area contributed by atoms with Gasteiger partial charge in [0, 0.05) is 19.6 Å². The molecule has 0 saturated carbocycles. The van der Waals surface area contributed by atoms with Crippen LogP contribution in [0.15, 0.2) is 53.6 Å². The first-order valence-electron chi connectivity index (χ1n) is 11.2. The maximum atomic E-state index is 13.1. The van der Waals surface area contributed by atoms with E-state index in [1.165, 1.54) is 4.31 Å². The number of aromatic nitrogens is 1. The second-order valence-electron chi connectivity index (χ2n) is 8.52. The Kier molecular flexibility index (Phi) is 6.94. The summed E-state index contributed by atoms with van der Waals surface area (Å²) in [6.45, 7) is 1.63. The summed E-state index contributed by atoms with van der Waals surface area (Å²) in [6.07, 6.45) is 5.16. The highest BCUT2D eigenvalue weighted by Gasteiger charge is 2.37. The van der Waals surface area contributed by atoms with E-state index in [9.17, 15) is 18.0 Å². The first-order valence-corrected chi connectivity index (χ1v) is 12.7. The van der Waals surface area contributed by atoms with Crippen molar-refractivity contribution in [1.82, 2.24) is 9.29 Å². The summed E-state index contributed by atoms with van der Waals surface area (Å²) in [5.74, 6) is -0.143. The quantitative estimate of drug-likeness (QED) is 0.663. The largest absolute Gasteiger partial charge is 0.369 e. The molecule has 0 spiro atoms. The molecule has 33 heavy (non-hydrogen) atoms. The molecular weight excluding hydrogens is 442 g/mol. The predicted molar refractivity (Wildman–Crippen MR) is 125 cm³/mol. The number of piperidine rings is 2. The van der Waals surface area contributed by atoms with E-state index in [1.54, 1.807) is 48.7 Å². The van der Waals surface area contributed by atoms with Gasteiger partial charge >= 0.3 is 0 Å². The van der Waals surface area contributed by atoms with Gasteiger partial charge in [0.15, 0.2) is 0 Å². The highest BCUT2D eigenvalue weighted by molar-refractivity contribution is 7.89. The molecule has 3 N–H and O–H groups in total. The molecule has 0 radical (unpaired) electrons. The van der Waals surface area contributed by atoms with E-state index in [2.05, 4.69) is 10.3 Å². The van der Waals surface area contributed by atoms with Gasteiger partial charge in [-0.3, -0.25) is 9.59 Å². The first-order chi connectivity index (χ1) is 15.9. The molecule has 2 fully saturated rings. The summed E-state index contributed by atoms with van der Waals surface area (Å²) in [5, 5.41) is 2.82. The number of hydrogen-bond donors (Lipinski definition) is 2. The molecule has 176 valence electrons. The van der Waals surface area contributed by atoms with E-state index in [0.717, 1.165) is 25.8 Å². The van der Waals surface area contributed by atoms with Crippen LogP contribution in [-0.2, 0) is 19.6 Å². The number of pyridine rings is 1. The van der Waals surface area contributed by atoms with Crippen LogP contribution >= 0.6 is 0 Å². The van der Waals surface area contributed by atoms with Crippen LogP contribution in [0.4, 0.5) is 11.5 Å². The number of benzene rings is 1. The molecular formula is C23H29N5O4S. The molecule has 1 aromatic heterocycles. The number of nitrogens with two attached hydrogens (primary N) is 1. The Hall–Kier alpha value is -2.98. The summed E-state index contributed by atoms with van der Waals surface area (Å²) >= 11 is 0. The SMILES string of the molecule is NC(=O)C1CCCN(c2ccc(NC(=O)C3CCCCN3S(=O)(=O)c3ccccc3)cn2)C1. The number of sulfonamides is 1. The lowest BCUT2D eigenvalue weighted by molar-refractivity contribution is -0.122. The average molecular weight is 472 g/mol. The third kappa shape index (κ3) is 5.17. The molecule has 10 heteroatoms. The zero-order valence-corrected chi connectivity index (χ0v) is 19.2. The normalized spacial score (nSPS) is 22.0. The van der Waals surface area contributed by atoms with Gasteiger partial charge in [-0.15, -0.1) is 0 Å². The van der Waals surface area contributed by atoms with Gasteiger partial charge in [-0.25, -0.2) is 13.4 Å². The number of amides is 2. The highest BCUT2D eigenvalue weighted by atomic mass is 32.2. The molecule has 4 rings (SSSR count). The molecule has 2 amide bonds. The Labute approximate surface area is 194 Å². The van der Waals surface area contributed by atoms with Crippen LogP contribution in [0, 0.1) is 5.92 Å². The number of nitrogens with zero attached hydrogens (tertiary/aromatic N) is 3. The number of primary amides is 1. The summed E-state index contributed by atoms with van der Waals surface area (Å²) < 4.78 is 27.6. The molecule has 0 bridgehead atoms. The van der Waals surface area contributed by atoms with Crippen molar-refractivity contribution in [2.45, 2.75) is 43.0 Å². The number of nitrogens with one attached hydrogen (secondary N) is 1. The van der Waals surface area contributed by atoms with Gasteiger partial charge < -0.3 is 16.0 Å². The fraction of sp³-hybridized carbons (Fsp3) is 0.435. The Balaban J connectivity index is 1.45. The molecule has 2 aliphatic heterocycles. The maximum absolute atomic E-state index is 13.1. The van der Waals surface area contributed by atoms with E-state index in [4.69, 9.17) is 5.73 Å².